The highest BCUT2D eigenvalue weighted by molar-refractivity contribution is 6.28. The first kappa shape index (κ1) is 11.6. The van der Waals surface area contributed by atoms with Gasteiger partial charge in [-0.25, -0.2) is 4.90 Å². The Balaban J connectivity index is 2.41. The minimum atomic E-state index is -0.277. The summed E-state index contributed by atoms with van der Waals surface area (Å²) in [6.07, 6.45) is 2.60. The zero-order chi connectivity index (χ0) is 12.6. The summed E-state index contributed by atoms with van der Waals surface area (Å²) in [7, 11) is 0. The van der Waals surface area contributed by atoms with Crippen molar-refractivity contribution in [2.75, 3.05) is 4.90 Å². The molecule has 88 valence electrons. The van der Waals surface area contributed by atoms with Gasteiger partial charge < -0.3 is 0 Å². The van der Waals surface area contributed by atoms with Gasteiger partial charge in [-0.05, 0) is 23.1 Å². The molecule has 0 N–H and O–H groups in total. The monoisotopic (exact) mass is 229 g/mol. The van der Waals surface area contributed by atoms with Gasteiger partial charge in [0.15, 0.2) is 0 Å². The molecule has 0 atom stereocenters. The van der Waals surface area contributed by atoms with Crippen molar-refractivity contribution in [1.82, 2.24) is 0 Å². The summed E-state index contributed by atoms with van der Waals surface area (Å²) in [5, 5.41) is 0. The molecule has 0 fully saturated rings. The average Bonchev–Trinajstić information content (AvgIpc) is 2.57. The van der Waals surface area contributed by atoms with E-state index >= 15 is 0 Å². The van der Waals surface area contributed by atoms with Crippen molar-refractivity contribution < 1.29 is 9.59 Å². The van der Waals surface area contributed by atoms with Gasteiger partial charge in [0.05, 0.1) is 5.69 Å². The fourth-order valence-corrected chi connectivity index (χ4v) is 1.77. The van der Waals surface area contributed by atoms with Crippen molar-refractivity contribution >= 4 is 17.5 Å². The van der Waals surface area contributed by atoms with Gasteiger partial charge in [-0.2, -0.15) is 0 Å². The van der Waals surface area contributed by atoms with Crippen molar-refractivity contribution in [3.63, 3.8) is 0 Å². The number of carbonyl (C=O) groups is 2. The number of amides is 2. The molecule has 0 saturated heterocycles. The third kappa shape index (κ3) is 2.13. The second-order valence-corrected chi connectivity index (χ2v) is 5.15. The molecule has 2 amide bonds. The molecule has 0 saturated carbocycles. The van der Waals surface area contributed by atoms with Gasteiger partial charge in [-0.15, -0.1) is 0 Å². The van der Waals surface area contributed by atoms with E-state index in [0.717, 1.165) is 5.56 Å². The summed E-state index contributed by atoms with van der Waals surface area (Å²) in [6, 6.07) is 7.54. The largest absolute Gasteiger partial charge is 0.269 e. The van der Waals surface area contributed by atoms with Crippen LogP contribution in [0.2, 0.25) is 0 Å². The lowest BCUT2D eigenvalue weighted by atomic mass is 9.87. The summed E-state index contributed by atoms with van der Waals surface area (Å²) >= 11 is 0. The molecule has 1 aliphatic heterocycles. The smallest absolute Gasteiger partial charge is 0.258 e. The van der Waals surface area contributed by atoms with Crippen LogP contribution in [0.3, 0.4) is 0 Å². The van der Waals surface area contributed by atoms with Gasteiger partial charge in [-0.1, -0.05) is 32.9 Å². The average molecular weight is 229 g/mol. The number of hydrogen-bond donors (Lipinski definition) is 0. The Morgan fingerprint density at radius 1 is 1.00 bits per heavy atom. The first-order valence-corrected chi connectivity index (χ1v) is 5.56. The first-order valence-electron chi connectivity index (χ1n) is 5.56. The number of hydrogen-bond acceptors (Lipinski definition) is 2. The van der Waals surface area contributed by atoms with Crippen LogP contribution in [0.1, 0.15) is 26.3 Å². The molecule has 0 aromatic heterocycles. The van der Waals surface area contributed by atoms with Crippen LogP contribution >= 0.6 is 0 Å². The van der Waals surface area contributed by atoms with Gasteiger partial charge in [0, 0.05) is 12.2 Å². The van der Waals surface area contributed by atoms with Crippen LogP contribution in [0.5, 0.6) is 0 Å². The molecule has 2 rings (SSSR count). The van der Waals surface area contributed by atoms with Crippen LogP contribution in [0.25, 0.3) is 0 Å². The highest BCUT2D eigenvalue weighted by Crippen LogP contribution is 2.27. The van der Waals surface area contributed by atoms with Gasteiger partial charge in [0.25, 0.3) is 11.8 Å². The molecule has 0 radical (unpaired) electrons. The summed E-state index contributed by atoms with van der Waals surface area (Å²) in [6.45, 7) is 6.29. The van der Waals surface area contributed by atoms with Crippen LogP contribution in [0.4, 0.5) is 5.69 Å². The topological polar surface area (TPSA) is 37.4 Å². The zero-order valence-corrected chi connectivity index (χ0v) is 10.2. The lowest BCUT2D eigenvalue weighted by molar-refractivity contribution is -0.119. The maximum Gasteiger partial charge on any atom is 0.258 e. The number of anilines is 1. The standard InChI is InChI=1S/C14H15NO2/c1-14(2,3)10-5-4-6-11(9-10)15-12(16)7-8-13(15)17/h4-9H,1-3H3. The van der Waals surface area contributed by atoms with Crippen molar-refractivity contribution in [2.24, 2.45) is 0 Å². The highest BCUT2D eigenvalue weighted by Gasteiger charge is 2.26. The van der Waals surface area contributed by atoms with E-state index in [0.29, 0.717) is 5.69 Å². The van der Waals surface area contributed by atoms with E-state index in [1.165, 1.54) is 17.1 Å². The van der Waals surface area contributed by atoms with E-state index < -0.39 is 0 Å². The maximum absolute atomic E-state index is 11.6. The SMILES string of the molecule is CC(C)(C)c1cccc(N2C(=O)C=CC2=O)c1. The predicted molar refractivity (Wildman–Crippen MR) is 66.8 cm³/mol. The maximum atomic E-state index is 11.6. The number of rotatable bonds is 1. The molecule has 3 nitrogen and oxygen atoms in total. The molecular formula is C14H15NO2. The van der Waals surface area contributed by atoms with Gasteiger partial charge in [0.1, 0.15) is 0 Å². The number of benzene rings is 1. The molecule has 17 heavy (non-hydrogen) atoms. The first-order chi connectivity index (χ1) is 7.89. The summed E-state index contributed by atoms with van der Waals surface area (Å²) in [5.74, 6) is -0.554. The van der Waals surface area contributed by atoms with E-state index in [1.54, 1.807) is 6.07 Å². The molecule has 0 unspecified atom stereocenters. The third-order valence-corrected chi connectivity index (χ3v) is 2.78. The molecule has 0 spiro atoms. The molecule has 1 aromatic carbocycles. The molecule has 3 heteroatoms. The van der Waals surface area contributed by atoms with E-state index in [-0.39, 0.29) is 17.2 Å². The van der Waals surface area contributed by atoms with Crippen molar-refractivity contribution in [3.05, 3.63) is 42.0 Å². The molecule has 1 aromatic rings. The van der Waals surface area contributed by atoms with Gasteiger partial charge >= 0.3 is 0 Å². The van der Waals surface area contributed by atoms with Crippen molar-refractivity contribution in [2.45, 2.75) is 26.2 Å². The van der Waals surface area contributed by atoms with Crippen LogP contribution in [-0.2, 0) is 15.0 Å². The summed E-state index contributed by atoms with van der Waals surface area (Å²) in [4.78, 5) is 24.3. The Morgan fingerprint density at radius 2 is 1.59 bits per heavy atom. The fraction of sp³-hybridized carbons (Fsp3) is 0.286. The Hall–Kier alpha value is -1.90. The Bertz CT molecular complexity index is 491. The van der Waals surface area contributed by atoms with E-state index in [9.17, 15) is 9.59 Å². The molecule has 1 heterocycles. The molecule has 1 aliphatic rings. The number of carbonyl (C=O) groups excluding carboxylic acids is 2. The Labute approximate surface area is 101 Å². The second-order valence-electron chi connectivity index (χ2n) is 5.15. The minimum absolute atomic E-state index is 0.00470. The molecule has 0 aliphatic carbocycles. The summed E-state index contributed by atoms with van der Waals surface area (Å²) in [5.41, 5.74) is 1.73. The lowest BCUT2D eigenvalue weighted by Gasteiger charge is -2.22. The van der Waals surface area contributed by atoms with E-state index in [1.807, 2.05) is 18.2 Å². The zero-order valence-electron chi connectivity index (χ0n) is 10.2. The number of nitrogens with zero attached hydrogens (tertiary/aromatic N) is 1. The van der Waals surface area contributed by atoms with Gasteiger partial charge in [0.2, 0.25) is 0 Å². The molecular weight excluding hydrogens is 214 g/mol. The predicted octanol–water partition coefficient (Wildman–Crippen LogP) is 2.41. The van der Waals surface area contributed by atoms with Crippen LogP contribution in [-0.4, -0.2) is 11.8 Å². The summed E-state index contributed by atoms with van der Waals surface area (Å²) < 4.78 is 0. The molecule has 0 bridgehead atoms. The minimum Gasteiger partial charge on any atom is -0.269 e. The van der Waals surface area contributed by atoms with Gasteiger partial charge in [-0.3, -0.25) is 9.59 Å². The second kappa shape index (κ2) is 3.84. The quantitative estimate of drug-likeness (QED) is 0.693. The highest BCUT2D eigenvalue weighted by atomic mass is 16.2. The number of imide groups is 1. The Kier molecular flexibility index (Phi) is 2.62. The Morgan fingerprint density at radius 3 is 2.12 bits per heavy atom. The van der Waals surface area contributed by atoms with Crippen molar-refractivity contribution in [1.29, 1.82) is 0 Å². The normalized spacial score (nSPS) is 15.8. The van der Waals surface area contributed by atoms with Crippen molar-refractivity contribution in [3.8, 4) is 0 Å². The van der Waals surface area contributed by atoms with E-state index in [2.05, 4.69) is 20.8 Å². The van der Waals surface area contributed by atoms with Crippen LogP contribution < -0.4 is 4.90 Å². The van der Waals surface area contributed by atoms with E-state index in [4.69, 9.17) is 0 Å². The fourth-order valence-electron chi connectivity index (χ4n) is 1.77. The third-order valence-electron chi connectivity index (χ3n) is 2.78. The van der Waals surface area contributed by atoms with Crippen LogP contribution in [0.15, 0.2) is 36.4 Å². The lowest BCUT2D eigenvalue weighted by Crippen LogP contribution is -2.29. The van der Waals surface area contributed by atoms with Crippen LogP contribution in [0, 0.1) is 0 Å².